The average molecular weight is 166 g/mol. The molecular weight excluding hydrogens is 152 g/mol. The van der Waals surface area contributed by atoms with E-state index in [1.165, 1.54) is 0 Å². The molecule has 1 aliphatic heterocycles. The van der Waals surface area contributed by atoms with Crippen LogP contribution in [0.15, 0.2) is 18.5 Å². The highest BCUT2D eigenvalue weighted by molar-refractivity contribution is 4.84. The van der Waals surface area contributed by atoms with Gasteiger partial charge < -0.3 is 4.74 Å². The quantitative estimate of drug-likeness (QED) is 0.632. The summed E-state index contributed by atoms with van der Waals surface area (Å²) in [6.07, 6.45) is 4.96. The molecule has 1 aromatic rings. The van der Waals surface area contributed by atoms with Crippen LogP contribution in [0.1, 0.15) is 19.4 Å². The van der Waals surface area contributed by atoms with Crippen LogP contribution in [0, 0.1) is 5.92 Å². The molecule has 2 rings (SSSR count). The molecule has 1 aliphatic rings. The Morgan fingerprint density at radius 2 is 2.50 bits per heavy atom. The Hall–Kier alpha value is -0.830. The van der Waals surface area contributed by atoms with Crippen molar-refractivity contribution in [1.82, 2.24) is 9.78 Å². The van der Waals surface area contributed by atoms with Crippen LogP contribution in [0.4, 0.5) is 0 Å². The molecule has 2 atom stereocenters. The number of hydrogen-bond donors (Lipinski definition) is 0. The summed E-state index contributed by atoms with van der Waals surface area (Å²) in [5.74, 6) is 0.582. The average Bonchev–Trinajstić information content (AvgIpc) is 2.57. The van der Waals surface area contributed by atoms with E-state index in [4.69, 9.17) is 4.74 Å². The highest BCUT2D eigenvalue weighted by atomic mass is 16.5. The molecular formula is C9H14N2O. The Morgan fingerprint density at radius 1 is 1.58 bits per heavy atom. The van der Waals surface area contributed by atoms with Gasteiger partial charge in [-0.1, -0.05) is 6.92 Å². The van der Waals surface area contributed by atoms with Gasteiger partial charge in [-0.25, -0.2) is 0 Å². The zero-order valence-electron chi connectivity index (χ0n) is 7.31. The van der Waals surface area contributed by atoms with Crippen molar-refractivity contribution in [2.45, 2.75) is 19.4 Å². The molecule has 3 heteroatoms. The highest BCUT2D eigenvalue weighted by Gasteiger charge is 2.23. The largest absolute Gasteiger partial charge is 0.381 e. The topological polar surface area (TPSA) is 27.1 Å². The number of hydrogen-bond acceptors (Lipinski definition) is 2. The molecule has 0 saturated carbocycles. The van der Waals surface area contributed by atoms with Gasteiger partial charge in [0, 0.05) is 24.9 Å². The van der Waals surface area contributed by atoms with Gasteiger partial charge in [0.05, 0.1) is 12.6 Å². The van der Waals surface area contributed by atoms with Crippen LogP contribution in [0.25, 0.3) is 0 Å². The van der Waals surface area contributed by atoms with Crippen molar-refractivity contribution in [3.05, 3.63) is 18.5 Å². The minimum absolute atomic E-state index is 0.536. The third-order valence-corrected chi connectivity index (χ3v) is 2.46. The maximum absolute atomic E-state index is 5.37. The number of rotatable bonds is 1. The summed E-state index contributed by atoms with van der Waals surface area (Å²) in [5, 5.41) is 4.25. The van der Waals surface area contributed by atoms with E-state index >= 15 is 0 Å². The maximum Gasteiger partial charge on any atom is 0.0588 e. The Labute approximate surface area is 72.3 Å². The van der Waals surface area contributed by atoms with Crippen molar-refractivity contribution >= 4 is 0 Å². The zero-order chi connectivity index (χ0) is 8.39. The van der Waals surface area contributed by atoms with Crippen LogP contribution in [0.5, 0.6) is 0 Å². The lowest BCUT2D eigenvalue weighted by atomic mass is 9.98. The van der Waals surface area contributed by atoms with Gasteiger partial charge in [0.25, 0.3) is 0 Å². The molecule has 0 N–H and O–H groups in total. The van der Waals surface area contributed by atoms with Gasteiger partial charge in [0.2, 0.25) is 0 Å². The Morgan fingerprint density at radius 3 is 3.17 bits per heavy atom. The van der Waals surface area contributed by atoms with Crippen LogP contribution in [0.3, 0.4) is 0 Å². The maximum atomic E-state index is 5.37. The fourth-order valence-electron chi connectivity index (χ4n) is 1.74. The Balaban J connectivity index is 2.11. The van der Waals surface area contributed by atoms with Crippen molar-refractivity contribution in [3.8, 4) is 0 Å². The summed E-state index contributed by atoms with van der Waals surface area (Å²) in [7, 11) is 0. The van der Waals surface area contributed by atoms with E-state index in [-0.39, 0.29) is 0 Å². The molecule has 1 fully saturated rings. The zero-order valence-corrected chi connectivity index (χ0v) is 7.31. The molecule has 0 spiro atoms. The fourth-order valence-corrected chi connectivity index (χ4v) is 1.74. The van der Waals surface area contributed by atoms with Crippen molar-refractivity contribution in [1.29, 1.82) is 0 Å². The summed E-state index contributed by atoms with van der Waals surface area (Å²) in [6, 6.07) is 2.51. The van der Waals surface area contributed by atoms with E-state index in [2.05, 4.69) is 12.0 Å². The molecule has 2 heterocycles. The molecule has 2 unspecified atom stereocenters. The second kappa shape index (κ2) is 3.27. The van der Waals surface area contributed by atoms with E-state index in [0.717, 1.165) is 19.6 Å². The van der Waals surface area contributed by atoms with Crippen molar-refractivity contribution in [2.75, 3.05) is 13.2 Å². The molecule has 3 nitrogen and oxygen atoms in total. The lowest BCUT2D eigenvalue weighted by Gasteiger charge is -2.28. The monoisotopic (exact) mass is 166 g/mol. The lowest BCUT2D eigenvalue weighted by molar-refractivity contribution is 0.0250. The molecule has 0 aromatic carbocycles. The first-order valence-electron chi connectivity index (χ1n) is 4.45. The molecule has 12 heavy (non-hydrogen) atoms. The number of aromatic nitrogens is 2. The lowest BCUT2D eigenvalue weighted by Crippen LogP contribution is -2.28. The molecule has 0 amide bonds. The highest BCUT2D eigenvalue weighted by Crippen LogP contribution is 2.25. The van der Waals surface area contributed by atoms with E-state index < -0.39 is 0 Å². The smallest absolute Gasteiger partial charge is 0.0588 e. The summed E-state index contributed by atoms with van der Waals surface area (Å²) < 4.78 is 7.42. The van der Waals surface area contributed by atoms with Gasteiger partial charge >= 0.3 is 0 Å². The molecule has 0 radical (unpaired) electrons. The summed E-state index contributed by atoms with van der Waals surface area (Å²) in [6.45, 7) is 3.95. The van der Waals surface area contributed by atoms with Gasteiger partial charge in [0.1, 0.15) is 0 Å². The fraction of sp³-hybridized carbons (Fsp3) is 0.667. The first kappa shape index (κ1) is 7.80. The van der Waals surface area contributed by atoms with Crippen LogP contribution in [-0.2, 0) is 4.74 Å². The number of ether oxygens (including phenoxy) is 1. The second-order valence-corrected chi connectivity index (χ2v) is 3.39. The van der Waals surface area contributed by atoms with Crippen molar-refractivity contribution in [2.24, 2.45) is 5.92 Å². The van der Waals surface area contributed by atoms with Crippen LogP contribution in [-0.4, -0.2) is 23.0 Å². The normalized spacial score (nSPS) is 30.4. The van der Waals surface area contributed by atoms with Gasteiger partial charge in [0.15, 0.2) is 0 Å². The molecule has 66 valence electrons. The third-order valence-electron chi connectivity index (χ3n) is 2.46. The number of nitrogens with zero attached hydrogens (tertiary/aromatic N) is 2. The minimum atomic E-state index is 0.536. The summed E-state index contributed by atoms with van der Waals surface area (Å²) >= 11 is 0. The Kier molecular flexibility index (Phi) is 2.13. The molecule has 0 aliphatic carbocycles. The van der Waals surface area contributed by atoms with Gasteiger partial charge in [-0.05, 0) is 12.5 Å². The van der Waals surface area contributed by atoms with Crippen LogP contribution in [0.2, 0.25) is 0 Å². The van der Waals surface area contributed by atoms with Gasteiger partial charge in [-0.2, -0.15) is 5.10 Å². The standard InChI is InChI=1S/C9H14N2O/c1-8-7-12-6-3-9(8)11-5-2-4-10-11/h2,4-5,8-9H,3,6-7H2,1H3. The first-order chi connectivity index (χ1) is 5.88. The first-order valence-corrected chi connectivity index (χ1v) is 4.45. The predicted octanol–water partition coefficient (Wildman–Crippen LogP) is 1.48. The molecule has 1 aromatic heterocycles. The van der Waals surface area contributed by atoms with Crippen molar-refractivity contribution < 1.29 is 4.74 Å². The summed E-state index contributed by atoms with van der Waals surface area (Å²) in [5.41, 5.74) is 0. The summed E-state index contributed by atoms with van der Waals surface area (Å²) in [4.78, 5) is 0. The van der Waals surface area contributed by atoms with Gasteiger partial charge in [-0.3, -0.25) is 4.68 Å². The molecule has 0 bridgehead atoms. The third kappa shape index (κ3) is 1.37. The van der Waals surface area contributed by atoms with Crippen LogP contribution < -0.4 is 0 Å². The predicted molar refractivity (Wildman–Crippen MR) is 45.9 cm³/mol. The van der Waals surface area contributed by atoms with E-state index in [9.17, 15) is 0 Å². The van der Waals surface area contributed by atoms with Gasteiger partial charge in [-0.15, -0.1) is 0 Å². The minimum Gasteiger partial charge on any atom is -0.381 e. The van der Waals surface area contributed by atoms with Crippen LogP contribution >= 0.6 is 0 Å². The van der Waals surface area contributed by atoms with E-state index in [1.807, 2.05) is 23.1 Å². The van der Waals surface area contributed by atoms with E-state index in [1.54, 1.807) is 0 Å². The SMILES string of the molecule is CC1COCCC1n1cccn1. The second-order valence-electron chi connectivity index (χ2n) is 3.39. The Bertz CT molecular complexity index is 233. The van der Waals surface area contributed by atoms with E-state index in [0.29, 0.717) is 12.0 Å². The van der Waals surface area contributed by atoms with Crippen molar-refractivity contribution in [3.63, 3.8) is 0 Å². The molecule has 1 saturated heterocycles.